The second-order valence-corrected chi connectivity index (χ2v) is 5.32. The van der Waals surface area contributed by atoms with Crippen LogP contribution in [0.15, 0.2) is 17.5 Å². The number of nitrogens with one attached hydrogen (secondary N) is 1. The van der Waals surface area contributed by atoms with Gasteiger partial charge in [0.1, 0.15) is 6.04 Å². The molecule has 0 spiro atoms. The average molecular weight is 255 g/mol. The lowest BCUT2D eigenvalue weighted by atomic mass is 10.3. The van der Waals surface area contributed by atoms with Gasteiger partial charge in [0.2, 0.25) is 0 Å². The number of carboxylic acids is 1. The first-order valence-electron chi connectivity index (χ1n) is 4.58. The highest BCUT2D eigenvalue weighted by molar-refractivity contribution is 7.27. The standard InChI is InChI=1S/C10H9NO3S2/c1-5(10(13)14)11-9(12)8-4-7-6(16-8)2-3-15-7/h2-5H,1H3,(H,11,12)(H,13,14). The first-order chi connectivity index (χ1) is 7.58. The first-order valence-corrected chi connectivity index (χ1v) is 6.28. The van der Waals surface area contributed by atoms with Crippen molar-refractivity contribution in [2.24, 2.45) is 0 Å². The van der Waals surface area contributed by atoms with Crippen molar-refractivity contribution in [1.29, 1.82) is 0 Å². The van der Waals surface area contributed by atoms with Crippen LogP contribution in [0.5, 0.6) is 0 Å². The van der Waals surface area contributed by atoms with E-state index in [1.165, 1.54) is 18.3 Å². The molecule has 1 atom stereocenters. The van der Waals surface area contributed by atoms with Gasteiger partial charge < -0.3 is 10.4 Å². The highest BCUT2D eigenvalue weighted by atomic mass is 32.1. The minimum Gasteiger partial charge on any atom is -0.480 e. The van der Waals surface area contributed by atoms with Gasteiger partial charge in [0.25, 0.3) is 5.91 Å². The Hall–Kier alpha value is -1.40. The molecule has 0 bridgehead atoms. The van der Waals surface area contributed by atoms with Crippen molar-refractivity contribution in [2.75, 3.05) is 0 Å². The molecule has 0 radical (unpaired) electrons. The molecule has 2 N–H and O–H groups in total. The third-order valence-electron chi connectivity index (χ3n) is 2.08. The Morgan fingerprint density at radius 3 is 2.81 bits per heavy atom. The van der Waals surface area contributed by atoms with Gasteiger partial charge in [0.05, 0.1) is 4.88 Å². The summed E-state index contributed by atoms with van der Waals surface area (Å²) in [6.07, 6.45) is 0. The molecule has 2 heterocycles. The van der Waals surface area contributed by atoms with Crippen LogP contribution in [-0.2, 0) is 4.79 Å². The predicted octanol–water partition coefficient (Wildman–Crippen LogP) is 2.17. The van der Waals surface area contributed by atoms with Gasteiger partial charge in [-0.15, -0.1) is 22.7 Å². The van der Waals surface area contributed by atoms with Crippen LogP contribution in [-0.4, -0.2) is 23.0 Å². The lowest BCUT2D eigenvalue weighted by molar-refractivity contribution is -0.138. The molecule has 6 heteroatoms. The summed E-state index contributed by atoms with van der Waals surface area (Å²) in [5.41, 5.74) is 0. The normalized spacial score (nSPS) is 12.6. The molecule has 2 aromatic rings. The molecule has 0 aliphatic rings. The summed E-state index contributed by atoms with van der Waals surface area (Å²) in [5, 5.41) is 13.1. The Morgan fingerprint density at radius 2 is 2.19 bits per heavy atom. The number of carbonyl (C=O) groups excluding carboxylic acids is 1. The zero-order valence-corrected chi connectivity index (χ0v) is 10.0. The minimum absolute atomic E-state index is 0.330. The van der Waals surface area contributed by atoms with Gasteiger partial charge in [0.15, 0.2) is 0 Å². The predicted molar refractivity (Wildman–Crippen MR) is 64.3 cm³/mol. The molecule has 84 valence electrons. The molecule has 0 aromatic carbocycles. The summed E-state index contributed by atoms with van der Waals surface area (Å²) in [6.45, 7) is 1.44. The summed E-state index contributed by atoms with van der Waals surface area (Å²) in [7, 11) is 0. The maximum Gasteiger partial charge on any atom is 0.325 e. The number of carbonyl (C=O) groups is 2. The van der Waals surface area contributed by atoms with Crippen LogP contribution >= 0.6 is 22.7 Å². The monoisotopic (exact) mass is 255 g/mol. The van der Waals surface area contributed by atoms with Gasteiger partial charge in [-0.25, -0.2) is 0 Å². The zero-order chi connectivity index (χ0) is 11.7. The van der Waals surface area contributed by atoms with E-state index in [9.17, 15) is 9.59 Å². The molecule has 1 unspecified atom stereocenters. The Morgan fingerprint density at radius 1 is 1.44 bits per heavy atom. The highest BCUT2D eigenvalue weighted by Gasteiger charge is 2.17. The first kappa shape index (κ1) is 11.1. The number of hydrogen-bond acceptors (Lipinski definition) is 4. The molecular weight excluding hydrogens is 246 g/mol. The van der Waals surface area contributed by atoms with Crippen LogP contribution < -0.4 is 5.32 Å². The zero-order valence-electron chi connectivity index (χ0n) is 8.39. The molecule has 0 aliphatic carbocycles. The molecule has 1 amide bonds. The maximum atomic E-state index is 11.7. The fraction of sp³-hybridized carbons (Fsp3) is 0.200. The van der Waals surface area contributed by atoms with Gasteiger partial charge in [0, 0.05) is 9.40 Å². The fourth-order valence-corrected chi connectivity index (χ4v) is 3.22. The van der Waals surface area contributed by atoms with Gasteiger partial charge >= 0.3 is 5.97 Å². The van der Waals surface area contributed by atoms with Crippen LogP contribution in [0.2, 0.25) is 0 Å². The van der Waals surface area contributed by atoms with Crippen LogP contribution in [0, 0.1) is 0 Å². The van der Waals surface area contributed by atoms with E-state index in [-0.39, 0.29) is 5.91 Å². The van der Waals surface area contributed by atoms with E-state index in [0.29, 0.717) is 4.88 Å². The van der Waals surface area contributed by atoms with Crippen molar-refractivity contribution in [3.05, 3.63) is 22.4 Å². The Bertz CT molecular complexity index is 514. The smallest absolute Gasteiger partial charge is 0.325 e. The number of rotatable bonds is 3. The third-order valence-corrected chi connectivity index (χ3v) is 4.17. The lowest BCUT2D eigenvalue weighted by Gasteiger charge is -2.07. The molecule has 2 rings (SSSR count). The quantitative estimate of drug-likeness (QED) is 0.883. The molecule has 4 nitrogen and oxygen atoms in total. The number of aliphatic carboxylic acids is 1. The number of hydrogen-bond donors (Lipinski definition) is 2. The number of thiophene rings is 2. The molecule has 0 saturated heterocycles. The second-order valence-electron chi connectivity index (χ2n) is 3.29. The summed E-state index contributed by atoms with van der Waals surface area (Å²) in [5.74, 6) is -1.37. The summed E-state index contributed by atoms with van der Waals surface area (Å²) in [4.78, 5) is 22.8. The van der Waals surface area contributed by atoms with E-state index in [1.807, 2.05) is 11.4 Å². The van der Waals surface area contributed by atoms with Crippen LogP contribution in [0.1, 0.15) is 16.6 Å². The molecule has 2 aromatic heterocycles. The van der Waals surface area contributed by atoms with Crippen LogP contribution in [0.4, 0.5) is 0 Å². The molecule has 0 aliphatic heterocycles. The number of amides is 1. The number of fused-ring (bicyclic) bond motifs is 1. The van der Waals surface area contributed by atoms with Gasteiger partial charge in [-0.1, -0.05) is 0 Å². The lowest BCUT2D eigenvalue weighted by Crippen LogP contribution is -2.37. The average Bonchev–Trinajstić information content (AvgIpc) is 2.75. The van der Waals surface area contributed by atoms with Crippen molar-refractivity contribution in [1.82, 2.24) is 5.32 Å². The van der Waals surface area contributed by atoms with E-state index in [2.05, 4.69) is 5.32 Å². The van der Waals surface area contributed by atoms with Gasteiger partial charge in [-0.2, -0.15) is 0 Å². The van der Waals surface area contributed by atoms with Gasteiger partial charge in [-0.3, -0.25) is 9.59 Å². The molecule has 0 saturated carbocycles. The van der Waals surface area contributed by atoms with Crippen LogP contribution in [0.25, 0.3) is 9.40 Å². The van der Waals surface area contributed by atoms with Crippen molar-refractivity contribution in [2.45, 2.75) is 13.0 Å². The highest BCUT2D eigenvalue weighted by Crippen LogP contribution is 2.29. The maximum absolute atomic E-state index is 11.7. The van der Waals surface area contributed by atoms with Crippen molar-refractivity contribution in [3.63, 3.8) is 0 Å². The molecule has 0 fully saturated rings. The van der Waals surface area contributed by atoms with E-state index < -0.39 is 12.0 Å². The topological polar surface area (TPSA) is 66.4 Å². The van der Waals surface area contributed by atoms with Gasteiger partial charge in [-0.05, 0) is 24.4 Å². The molecular formula is C10H9NO3S2. The van der Waals surface area contributed by atoms with E-state index in [1.54, 1.807) is 17.4 Å². The Balaban J connectivity index is 2.16. The largest absolute Gasteiger partial charge is 0.480 e. The van der Waals surface area contributed by atoms with E-state index in [0.717, 1.165) is 9.40 Å². The van der Waals surface area contributed by atoms with E-state index in [4.69, 9.17) is 5.11 Å². The van der Waals surface area contributed by atoms with Crippen molar-refractivity contribution in [3.8, 4) is 0 Å². The summed E-state index contributed by atoms with van der Waals surface area (Å²) in [6, 6.07) is 2.86. The summed E-state index contributed by atoms with van der Waals surface area (Å²) < 4.78 is 2.11. The molecule has 16 heavy (non-hydrogen) atoms. The third kappa shape index (κ3) is 2.07. The fourth-order valence-electron chi connectivity index (χ4n) is 1.21. The SMILES string of the molecule is CC(NC(=O)c1cc2sccc2s1)C(=O)O. The Kier molecular flexibility index (Phi) is 2.93. The summed E-state index contributed by atoms with van der Waals surface area (Å²) >= 11 is 2.94. The second kappa shape index (κ2) is 4.23. The Labute approximate surface area is 99.5 Å². The number of carboxylic acid groups (broad SMARTS) is 1. The van der Waals surface area contributed by atoms with E-state index >= 15 is 0 Å². The van der Waals surface area contributed by atoms with Crippen molar-refractivity contribution < 1.29 is 14.7 Å². The van der Waals surface area contributed by atoms with Crippen molar-refractivity contribution >= 4 is 43.9 Å². The minimum atomic E-state index is -1.04. The van der Waals surface area contributed by atoms with Crippen LogP contribution in [0.3, 0.4) is 0 Å².